The molecule has 2 aliphatic heterocycles. The predicted molar refractivity (Wildman–Crippen MR) is 87.5 cm³/mol. The number of hydrogen-bond acceptors (Lipinski definition) is 3. The lowest BCUT2D eigenvalue weighted by molar-refractivity contribution is -0.142. The molecule has 0 radical (unpaired) electrons. The molecule has 1 spiro atoms. The van der Waals surface area contributed by atoms with Gasteiger partial charge in [0, 0.05) is 32.1 Å². The van der Waals surface area contributed by atoms with Gasteiger partial charge in [-0.05, 0) is 43.9 Å². The van der Waals surface area contributed by atoms with E-state index in [4.69, 9.17) is 4.74 Å². The zero-order valence-electron chi connectivity index (χ0n) is 13.9. The van der Waals surface area contributed by atoms with Crippen LogP contribution in [0.2, 0.25) is 0 Å². The molecule has 0 saturated carbocycles. The van der Waals surface area contributed by atoms with Crippen molar-refractivity contribution in [1.82, 2.24) is 9.80 Å². The molecule has 1 atom stereocenters. The molecule has 23 heavy (non-hydrogen) atoms. The van der Waals surface area contributed by atoms with Crippen LogP contribution in [-0.2, 0) is 4.79 Å². The van der Waals surface area contributed by atoms with E-state index in [9.17, 15) is 9.59 Å². The average Bonchev–Trinajstić information content (AvgIpc) is 2.59. The molecule has 2 amide bonds. The molecule has 124 valence electrons. The number of carbonyl (C=O) groups is 2. The summed E-state index contributed by atoms with van der Waals surface area (Å²) in [5, 5.41) is 0. The van der Waals surface area contributed by atoms with Gasteiger partial charge in [0.2, 0.25) is 5.91 Å². The van der Waals surface area contributed by atoms with Crippen LogP contribution in [-0.4, -0.2) is 54.4 Å². The van der Waals surface area contributed by atoms with Crippen LogP contribution >= 0.6 is 0 Å². The van der Waals surface area contributed by atoms with Crippen molar-refractivity contribution in [2.24, 2.45) is 0 Å². The Balaban J connectivity index is 1.80. The van der Waals surface area contributed by atoms with E-state index in [0.717, 1.165) is 32.2 Å². The smallest absolute Gasteiger partial charge is 0.254 e. The zero-order chi connectivity index (χ0) is 16.4. The maximum Gasteiger partial charge on any atom is 0.254 e. The van der Waals surface area contributed by atoms with Crippen LogP contribution in [0.15, 0.2) is 24.3 Å². The number of piperidine rings is 2. The molecule has 2 heterocycles. The number of carbonyl (C=O) groups excluding carboxylic acids is 2. The van der Waals surface area contributed by atoms with Gasteiger partial charge in [0.05, 0.1) is 12.6 Å². The summed E-state index contributed by atoms with van der Waals surface area (Å²) >= 11 is 0. The van der Waals surface area contributed by atoms with Crippen molar-refractivity contribution in [3.05, 3.63) is 29.8 Å². The Morgan fingerprint density at radius 2 is 2.04 bits per heavy atom. The Labute approximate surface area is 137 Å². The van der Waals surface area contributed by atoms with Crippen LogP contribution in [0.5, 0.6) is 5.75 Å². The van der Waals surface area contributed by atoms with E-state index in [1.165, 1.54) is 0 Å². The van der Waals surface area contributed by atoms with Crippen molar-refractivity contribution in [3.8, 4) is 5.75 Å². The van der Waals surface area contributed by atoms with E-state index in [0.29, 0.717) is 24.3 Å². The third kappa shape index (κ3) is 2.92. The Morgan fingerprint density at radius 3 is 2.83 bits per heavy atom. The van der Waals surface area contributed by atoms with Crippen LogP contribution in [0.1, 0.15) is 42.5 Å². The average molecular weight is 316 g/mol. The fraction of sp³-hybridized carbons (Fsp3) is 0.556. The molecule has 2 saturated heterocycles. The minimum Gasteiger partial charge on any atom is -0.497 e. The summed E-state index contributed by atoms with van der Waals surface area (Å²) in [7, 11) is 3.49. The molecule has 3 rings (SSSR count). The lowest BCUT2D eigenvalue weighted by Crippen LogP contribution is -2.61. The van der Waals surface area contributed by atoms with Crippen molar-refractivity contribution in [3.63, 3.8) is 0 Å². The first kappa shape index (κ1) is 15.8. The fourth-order valence-corrected chi connectivity index (χ4v) is 3.87. The number of nitrogens with zero attached hydrogens (tertiary/aromatic N) is 2. The summed E-state index contributed by atoms with van der Waals surface area (Å²) in [5.74, 6) is 0.911. The van der Waals surface area contributed by atoms with E-state index in [1.54, 1.807) is 13.2 Å². The van der Waals surface area contributed by atoms with E-state index in [2.05, 4.69) is 0 Å². The lowest BCUT2D eigenvalue weighted by atomic mass is 9.80. The van der Waals surface area contributed by atoms with E-state index >= 15 is 0 Å². The van der Waals surface area contributed by atoms with Gasteiger partial charge in [-0.2, -0.15) is 0 Å². The van der Waals surface area contributed by atoms with Crippen molar-refractivity contribution in [2.75, 3.05) is 27.2 Å². The number of amides is 2. The second kappa shape index (κ2) is 6.22. The standard InChI is InChI=1S/C18H24N2O3/c1-19-16(21)8-4-9-18(19)10-5-11-20(13-18)17(22)14-6-3-7-15(12-14)23-2/h3,6-7,12H,4-5,8-11,13H2,1-2H3/t18-/m0/s1. The van der Waals surface area contributed by atoms with Crippen LogP contribution in [0.4, 0.5) is 0 Å². The Kier molecular flexibility index (Phi) is 4.28. The molecule has 0 aromatic heterocycles. The summed E-state index contributed by atoms with van der Waals surface area (Å²) in [6.45, 7) is 1.38. The number of likely N-dealkylation sites (tertiary alicyclic amines) is 2. The fourth-order valence-electron chi connectivity index (χ4n) is 3.87. The van der Waals surface area contributed by atoms with Gasteiger partial charge < -0.3 is 14.5 Å². The maximum absolute atomic E-state index is 12.8. The molecule has 0 aliphatic carbocycles. The highest BCUT2D eigenvalue weighted by molar-refractivity contribution is 5.94. The van der Waals surface area contributed by atoms with Gasteiger partial charge in [-0.25, -0.2) is 0 Å². The maximum atomic E-state index is 12.8. The molecule has 2 aliphatic rings. The largest absolute Gasteiger partial charge is 0.497 e. The second-order valence-electron chi connectivity index (χ2n) is 6.59. The van der Waals surface area contributed by atoms with Crippen molar-refractivity contribution in [1.29, 1.82) is 0 Å². The number of hydrogen-bond donors (Lipinski definition) is 0. The first-order valence-electron chi connectivity index (χ1n) is 8.26. The third-order valence-electron chi connectivity index (χ3n) is 5.28. The third-order valence-corrected chi connectivity index (χ3v) is 5.28. The van der Waals surface area contributed by atoms with E-state index < -0.39 is 0 Å². The molecule has 0 bridgehead atoms. The molecule has 5 nitrogen and oxygen atoms in total. The summed E-state index contributed by atoms with van der Waals surface area (Å²) < 4.78 is 5.21. The van der Waals surface area contributed by atoms with Gasteiger partial charge in [-0.1, -0.05) is 6.07 Å². The van der Waals surface area contributed by atoms with Gasteiger partial charge in [-0.15, -0.1) is 0 Å². The topological polar surface area (TPSA) is 49.9 Å². The van der Waals surface area contributed by atoms with Crippen LogP contribution in [0, 0.1) is 0 Å². The molecular formula is C18H24N2O3. The van der Waals surface area contributed by atoms with Gasteiger partial charge in [0.15, 0.2) is 0 Å². The van der Waals surface area contributed by atoms with Crippen LogP contribution in [0.3, 0.4) is 0 Å². The minimum atomic E-state index is -0.178. The number of methoxy groups -OCH3 is 1. The molecular weight excluding hydrogens is 292 g/mol. The predicted octanol–water partition coefficient (Wildman–Crippen LogP) is 2.31. The Hall–Kier alpha value is -2.04. The second-order valence-corrected chi connectivity index (χ2v) is 6.59. The minimum absolute atomic E-state index is 0.0226. The normalized spacial score (nSPS) is 24.9. The number of benzene rings is 1. The quantitative estimate of drug-likeness (QED) is 0.841. The van der Waals surface area contributed by atoms with Crippen molar-refractivity contribution >= 4 is 11.8 Å². The van der Waals surface area contributed by atoms with Crippen molar-refractivity contribution < 1.29 is 14.3 Å². The molecule has 2 fully saturated rings. The number of ether oxygens (including phenoxy) is 1. The molecule has 1 aromatic rings. The monoisotopic (exact) mass is 316 g/mol. The SMILES string of the molecule is COc1cccc(C(=O)N2CCC[C@@]3(CCCC(=O)N3C)C2)c1. The lowest BCUT2D eigenvalue weighted by Gasteiger charge is -2.50. The highest BCUT2D eigenvalue weighted by atomic mass is 16.5. The number of likely N-dealkylation sites (N-methyl/N-ethyl adjacent to an activating group) is 1. The zero-order valence-corrected chi connectivity index (χ0v) is 13.9. The first-order chi connectivity index (χ1) is 11.1. The first-order valence-corrected chi connectivity index (χ1v) is 8.26. The summed E-state index contributed by atoms with van der Waals surface area (Å²) in [4.78, 5) is 28.7. The molecule has 1 aromatic carbocycles. The van der Waals surface area contributed by atoms with E-state index in [-0.39, 0.29) is 17.4 Å². The Morgan fingerprint density at radius 1 is 1.26 bits per heavy atom. The van der Waals surface area contributed by atoms with Gasteiger partial charge in [-0.3, -0.25) is 9.59 Å². The molecule has 0 N–H and O–H groups in total. The summed E-state index contributed by atoms with van der Waals surface area (Å²) in [6, 6.07) is 7.27. The highest BCUT2D eigenvalue weighted by Crippen LogP contribution is 2.36. The summed E-state index contributed by atoms with van der Waals surface area (Å²) in [6.07, 6.45) is 4.45. The summed E-state index contributed by atoms with van der Waals surface area (Å²) in [5.41, 5.74) is 0.466. The molecule has 0 unspecified atom stereocenters. The van der Waals surface area contributed by atoms with Gasteiger partial charge >= 0.3 is 0 Å². The molecule has 5 heteroatoms. The number of rotatable bonds is 2. The van der Waals surface area contributed by atoms with Crippen LogP contribution < -0.4 is 4.74 Å². The van der Waals surface area contributed by atoms with Crippen LogP contribution in [0.25, 0.3) is 0 Å². The van der Waals surface area contributed by atoms with Gasteiger partial charge in [0.25, 0.3) is 5.91 Å². The highest BCUT2D eigenvalue weighted by Gasteiger charge is 2.44. The van der Waals surface area contributed by atoms with Gasteiger partial charge in [0.1, 0.15) is 5.75 Å². The van der Waals surface area contributed by atoms with E-state index in [1.807, 2.05) is 35.0 Å². The Bertz CT molecular complexity index is 612. The van der Waals surface area contributed by atoms with Crippen molar-refractivity contribution in [2.45, 2.75) is 37.6 Å².